The number of nitrogens with one attached hydrogen (secondary N) is 2. The Balaban J connectivity index is 2.10. The van der Waals surface area contributed by atoms with Gasteiger partial charge in [0.15, 0.2) is 0 Å². The monoisotopic (exact) mass is 445 g/mol. The van der Waals surface area contributed by atoms with E-state index in [2.05, 4.69) is 10.6 Å². The second-order valence-electron chi connectivity index (χ2n) is 7.07. The number of nitrogens with zero attached hydrogens (tertiary/aromatic N) is 1. The van der Waals surface area contributed by atoms with E-state index in [1.54, 1.807) is 48.5 Å². The average Bonchev–Trinajstić information content (AvgIpc) is 2.73. The van der Waals surface area contributed by atoms with Crippen LogP contribution >= 0.6 is 11.6 Å². The van der Waals surface area contributed by atoms with Crippen LogP contribution in [0.2, 0.25) is 5.02 Å². The van der Waals surface area contributed by atoms with Crippen LogP contribution in [0.25, 0.3) is 0 Å². The van der Waals surface area contributed by atoms with E-state index in [-0.39, 0.29) is 30.7 Å². The lowest BCUT2D eigenvalue weighted by Crippen LogP contribution is -2.40. The number of carbonyl (C=O) groups excluding carboxylic acids is 3. The minimum Gasteiger partial charge on any atom is -0.495 e. The molecule has 2 aromatic rings. The first-order valence-electron chi connectivity index (χ1n) is 10.1. The van der Waals surface area contributed by atoms with Crippen molar-refractivity contribution in [2.75, 3.05) is 25.5 Å². The van der Waals surface area contributed by atoms with Crippen molar-refractivity contribution in [2.24, 2.45) is 0 Å². The molecule has 1 atom stereocenters. The number of carbonyl (C=O) groups is 3. The zero-order valence-corrected chi connectivity index (χ0v) is 18.7. The summed E-state index contributed by atoms with van der Waals surface area (Å²) in [6.07, 6.45) is 0.725. The molecule has 0 radical (unpaired) electrons. The zero-order valence-electron chi connectivity index (χ0n) is 18.0. The number of amides is 3. The molecule has 0 aromatic heterocycles. The first kappa shape index (κ1) is 24.2. The number of ether oxygens (including phenoxy) is 1. The molecule has 3 amide bonds. The van der Waals surface area contributed by atoms with Crippen LogP contribution in [0.1, 0.15) is 38.3 Å². The number of anilines is 1. The predicted molar refractivity (Wildman–Crippen MR) is 121 cm³/mol. The third-order valence-corrected chi connectivity index (χ3v) is 4.84. The Morgan fingerprint density at radius 1 is 1.10 bits per heavy atom. The van der Waals surface area contributed by atoms with Gasteiger partial charge >= 0.3 is 0 Å². The number of rotatable bonds is 10. The summed E-state index contributed by atoms with van der Waals surface area (Å²) in [5, 5.41) is 6.16. The van der Waals surface area contributed by atoms with Crippen molar-refractivity contribution in [3.8, 4) is 5.75 Å². The van der Waals surface area contributed by atoms with Crippen molar-refractivity contribution in [1.29, 1.82) is 0 Å². The lowest BCUT2D eigenvalue weighted by atomic mass is 10.0. The van der Waals surface area contributed by atoms with Gasteiger partial charge in [0.2, 0.25) is 17.7 Å². The highest BCUT2D eigenvalue weighted by Crippen LogP contribution is 2.23. The van der Waals surface area contributed by atoms with Crippen molar-refractivity contribution in [1.82, 2.24) is 10.2 Å². The third-order valence-electron chi connectivity index (χ3n) is 4.59. The van der Waals surface area contributed by atoms with Gasteiger partial charge in [-0.3, -0.25) is 14.4 Å². The lowest BCUT2D eigenvalue weighted by Gasteiger charge is -2.25. The molecule has 0 saturated heterocycles. The second-order valence-corrected chi connectivity index (χ2v) is 7.51. The minimum atomic E-state index is -0.515. The van der Waals surface area contributed by atoms with Crippen LogP contribution in [0, 0.1) is 0 Å². The Labute approximate surface area is 187 Å². The van der Waals surface area contributed by atoms with Gasteiger partial charge in [-0.25, -0.2) is 0 Å². The predicted octanol–water partition coefficient (Wildman–Crippen LogP) is 3.79. The Hall–Kier alpha value is -3.06. The highest BCUT2D eigenvalue weighted by Gasteiger charge is 2.23. The molecule has 1 unspecified atom stereocenters. The topological polar surface area (TPSA) is 87.7 Å². The highest BCUT2D eigenvalue weighted by molar-refractivity contribution is 6.30. The van der Waals surface area contributed by atoms with Gasteiger partial charge in [-0.2, -0.15) is 0 Å². The van der Waals surface area contributed by atoms with Crippen molar-refractivity contribution >= 4 is 35.0 Å². The van der Waals surface area contributed by atoms with Gasteiger partial charge in [-0.15, -0.1) is 0 Å². The molecule has 0 spiro atoms. The zero-order chi connectivity index (χ0) is 22.8. The molecule has 8 heteroatoms. The molecule has 2 N–H and O–H groups in total. The molecule has 2 rings (SSSR count). The molecule has 0 bridgehead atoms. The molecule has 0 aliphatic rings. The van der Waals surface area contributed by atoms with Gasteiger partial charge in [0, 0.05) is 18.5 Å². The van der Waals surface area contributed by atoms with E-state index >= 15 is 0 Å². The summed E-state index contributed by atoms with van der Waals surface area (Å²) in [6.45, 7) is 3.66. The molecule has 0 aliphatic heterocycles. The van der Waals surface area contributed by atoms with Gasteiger partial charge in [-0.1, -0.05) is 42.8 Å². The Morgan fingerprint density at radius 2 is 1.77 bits per heavy atom. The van der Waals surface area contributed by atoms with Gasteiger partial charge in [0.1, 0.15) is 5.75 Å². The average molecular weight is 446 g/mol. The smallest absolute Gasteiger partial charge is 0.244 e. The summed E-state index contributed by atoms with van der Waals surface area (Å²) in [5.74, 6) is -0.263. The van der Waals surface area contributed by atoms with Crippen molar-refractivity contribution < 1.29 is 19.1 Å². The third kappa shape index (κ3) is 7.61. The van der Waals surface area contributed by atoms with Crippen LogP contribution in [0.3, 0.4) is 0 Å². The summed E-state index contributed by atoms with van der Waals surface area (Å²) < 4.78 is 5.25. The van der Waals surface area contributed by atoms with E-state index in [9.17, 15) is 14.4 Å². The van der Waals surface area contributed by atoms with Crippen molar-refractivity contribution in [3.05, 3.63) is 59.1 Å². The molecule has 2 aromatic carbocycles. The molecule has 31 heavy (non-hydrogen) atoms. The number of halogens is 1. The first-order valence-corrected chi connectivity index (χ1v) is 10.4. The quantitative estimate of drug-likeness (QED) is 0.582. The summed E-state index contributed by atoms with van der Waals surface area (Å²) >= 11 is 5.95. The van der Waals surface area contributed by atoms with Crippen molar-refractivity contribution in [2.45, 2.75) is 32.7 Å². The highest BCUT2D eigenvalue weighted by atomic mass is 35.5. The van der Waals surface area contributed by atoms with Crippen LogP contribution in [0.15, 0.2) is 48.5 Å². The summed E-state index contributed by atoms with van der Waals surface area (Å²) in [5.41, 5.74) is 1.30. The maximum atomic E-state index is 13.0. The fourth-order valence-electron chi connectivity index (χ4n) is 3.17. The first-order chi connectivity index (χ1) is 14.8. The fourth-order valence-corrected chi connectivity index (χ4v) is 3.30. The maximum absolute atomic E-state index is 13.0. The van der Waals surface area contributed by atoms with Gasteiger partial charge < -0.3 is 20.3 Å². The van der Waals surface area contributed by atoms with Gasteiger partial charge in [-0.05, 0) is 36.2 Å². The van der Waals surface area contributed by atoms with E-state index < -0.39 is 6.04 Å². The van der Waals surface area contributed by atoms with Crippen LogP contribution in [-0.2, 0) is 14.4 Å². The molecule has 0 aliphatic carbocycles. The molecular weight excluding hydrogens is 418 g/mol. The number of para-hydroxylation sites is 2. The number of methoxy groups -OCH3 is 1. The molecule has 7 nitrogen and oxygen atoms in total. The van der Waals surface area contributed by atoms with E-state index in [4.69, 9.17) is 16.3 Å². The lowest BCUT2D eigenvalue weighted by molar-refractivity contribution is -0.135. The van der Waals surface area contributed by atoms with Crippen LogP contribution in [-0.4, -0.2) is 42.8 Å². The van der Waals surface area contributed by atoms with Crippen LogP contribution < -0.4 is 15.4 Å². The summed E-state index contributed by atoms with van der Waals surface area (Å²) in [6, 6.07) is 13.5. The number of hydrogen-bond acceptors (Lipinski definition) is 4. The molecule has 0 saturated carbocycles. The van der Waals surface area contributed by atoms with Gasteiger partial charge in [0.05, 0.1) is 31.8 Å². The van der Waals surface area contributed by atoms with E-state index in [0.29, 0.717) is 29.4 Å². The van der Waals surface area contributed by atoms with E-state index in [0.717, 1.165) is 5.56 Å². The second kappa shape index (κ2) is 12.0. The Kier molecular flexibility index (Phi) is 9.34. The standard InChI is InChI=1S/C23H28ClN3O4/c1-4-13-27(15-22(29)26-19-7-5-6-8-21(19)31-3)23(30)14-20(25-16(2)28)17-9-11-18(24)12-10-17/h5-12,20H,4,13-15H2,1-3H3,(H,25,28)(H,26,29). The summed E-state index contributed by atoms with van der Waals surface area (Å²) in [7, 11) is 1.52. The Morgan fingerprint density at radius 3 is 2.39 bits per heavy atom. The normalized spacial score (nSPS) is 11.4. The number of benzene rings is 2. The van der Waals surface area contributed by atoms with Gasteiger partial charge in [0.25, 0.3) is 0 Å². The van der Waals surface area contributed by atoms with Crippen LogP contribution in [0.4, 0.5) is 5.69 Å². The molecular formula is C23H28ClN3O4. The molecule has 166 valence electrons. The minimum absolute atomic E-state index is 0.0309. The largest absolute Gasteiger partial charge is 0.495 e. The number of hydrogen-bond donors (Lipinski definition) is 2. The fraction of sp³-hybridized carbons (Fsp3) is 0.348. The molecule has 0 fully saturated rings. The van der Waals surface area contributed by atoms with Crippen molar-refractivity contribution in [3.63, 3.8) is 0 Å². The van der Waals surface area contributed by atoms with E-state index in [1.807, 2.05) is 6.92 Å². The Bertz CT molecular complexity index is 902. The molecule has 0 heterocycles. The maximum Gasteiger partial charge on any atom is 0.244 e. The summed E-state index contributed by atoms with van der Waals surface area (Å²) in [4.78, 5) is 38.8. The SMILES string of the molecule is CCCN(CC(=O)Nc1ccccc1OC)C(=O)CC(NC(C)=O)c1ccc(Cl)cc1. The van der Waals surface area contributed by atoms with Crippen LogP contribution in [0.5, 0.6) is 5.75 Å². The van der Waals surface area contributed by atoms with E-state index in [1.165, 1.54) is 18.9 Å².